The number of likely N-dealkylation sites (N-methyl/N-ethyl adjacent to an activating group) is 1. The van der Waals surface area contributed by atoms with E-state index in [1.165, 1.54) is 29.3 Å². The van der Waals surface area contributed by atoms with E-state index >= 15 is 4.39 Å². The Morgan fingerprint density at radius 1 is 1.21 bits per heavy atom. The van der Waals surface area contributed by atoms with Crippen LogP contribution in [-0.4, -0.2) is 106 Å². The van der Waals surface area contributed by atoms with Gasteiger partial charge in [-0.2, -0.15) is 15.2 Å². The van der Waals surface area contributed by atoms with E-state index in [4.69, 9.17) is 11.2 Å². The van der Waals surface area contributed by atoms with Gasteiger partial charge in [-0.1, -0.05) is 18.6 Å². The maximum absolute atomic E-state index is 16.8. The van der Waals surface area contributed by atoms with Gasteiger partial charge < -0.3 is 24.5 Å². The number of fused-ring (bicyclic) bond motifs is 4. The molecule has 2 aromatic heterocycles. The lowest BCUT2D eigenvalue weighted by Crippen LogP contribution is -2.56. The van der Waals surface area contributed by atoms with Crippen LogP contribution in [0.3, 0.4) is 0 Å². The molecular weight excluding hydrogens is 625 g/mol. The van der Waals surface area contributed by atoms with E-state index in [0.29, 0.717) is 24.3 Å². The molecule has 1 unspecified atom stereocenters. The number of amides is 1. The molecule has 11 nitrogen and oxygen atoms in total. The summed E-state index contributed by atoms with van der Waals surface area (Å²) in [5.41, 5.74) is 0.566. The summed E-state index contributed by atoms with van der Waals surface area (Å²) in [5, 5.41) is 20.8. The average Bonchev–Trinajstić information content (AvgIpc) is 3.52. The number of aromatic nitrogens is 3. The molecule has 7 rings (SSSR count). The minimum atomic E-state index is -0.999. The Balaban J connectivity index is 1.33. The number of ether oxygens (including phenoxy) is 1. The summed E-state index contributed by atoms with van der Waals surface area (Å²) in [5.74, 6) is 0.215. The highest BCUT2D eigenvalue weighted by Gasteiger charge is 2.49. The molecule has 6 heterocycles. The van der Waals surface area contributed by atoms with Gasteiger partial charge >= 0.3 is 6.01 Å². The van der Waals surface area contributed by atoms with E-state index in [0.717, 1.165) is 0 Å². The SMILES string of the molecule is C#Cc1c(F)ccc2c1N(c1ncc3c(N4C[C@H]5CC(C#N)[C@@H](C4)N5C(=O)C=C)nc(OC[C@@H]4C[C@@H](F)CN4C)nc3c1F)C[C@H](O)C2. The van der Waals surface area contributed by atoms with Gasteiger partial charge in [-0.3, -0.25) is 9.69 Å². The van der Waals surface area contributed by atoms with Crippen LogP contribution in [-0.2, 0) is 11.2 Å². The van der Waals surface area contributed by atoms with Crippen LogP contribution in [0.4, 0.5) is 30.5 Å². The first kappa shape index (κ1) is 31.7. The minimum absolute atomic E-state index is 0.0568. The average molecular weight is 659 g/mol. The third-order valence-electron chi connectivity index (χ3n) is 9.87. The summed E-state index contributed by atoms with van der Waals surface area (Å²) < 4.78 is 51.8. The standard InChI is InChI=1S/C34H33F3N8O3/c1-4-24-26(36)7-6-18-9-23(46)15-44(31(18)24)33-29(37)30-25(12-39-33)32(41-34(40-30)48-17-22-10-20(35)13-42(22)3)43-14-21-8-19(11-38)27(16-43)45(21)28(47)5-2/h1,5-7,12,19-23,27,46H,2,8-10,13-17H2,3H3/t19?,20-,21-,22+,23-,27-/m1/s1. The normalized spacial score (nSPS) is 26.7. The predicted molar refractivity (Wildman–Crippen MR) is 170 cm³/mol. The number of nitrogens with zero attached hydrogens (tertiary/aromatic N) is 8. The molecule has 6 atom stereocenters. The number of likely N-dealkylation sites (tertiary alicyclic amines) is 1. The van der Waals surface area contributed by atoms with Gasteiger partial charge in [0, 0.05) is 38.3 Å². The predicted octanol–water partition coefficient (Wildman–Crippen LogP) is 2.88. The number of carbonyl (C=O) groups is 1. The van der Waals surface area contributed by atoms with E-state index < -0.39 is 35.9 Å². The van der Waals surface area contributed by atoms with Crippen molar-refractivity contribution < 1.29 is 27.8 Å². The number of aliphatic hydroxyl groups is 1. The fourth-order valence-electron chi connectivity index (χ4n) is 7.64. The molecule has 1 aromatic carbocycles. The Labute approximate surface area is 275 Å². The van der Waals surface area contributed by atoms with E-state index in [-0.39, 0.29) is 91.1 Å². The lowest BCUT2D eigenvalue weighted by Gasteiger charge is -2.41. The van der Waals surface area contributed by atoms with E-state index in [1.54, 1.807) is 11.9 Å². The Hall–Kier alpha value is -4.92. The fraction of sp³-hybridized carbons (Fsp3) is 0.441. The van der Waals surface area contributed by atoms with Gasteiger partial charge in [0.2, 0.25) is 5.91 Å². The number of pyridine rings is 1. The second-order valence-electron chi connectivity index (χ2n) is 12.8. The van der Waals surface area contributed by atoms with Crippen LogP contribution in [0.2, 0.25) is 0 Å². The number of alkyl halides is 1. The van der Waals surface area contributed by atoms with Gasteiger partial charge in [-0.05, 0) is 37.6 Å². The van der Waals surface area contributed by atoms with E-state index in [2.05, 4.69) is 33.5 Å². The number of terminal acetylenes is 1. The maximum atomic E-state index is 16.8. The first-order valence-electron chi connectivity index (χ1n) is 15.8. The summed E-state index contributed by atoms with van der Waals surface area (Å²) in [6, 6.07) is 3.88. The molecule has 4 aliphatic rings. The molecule has 0 aliphatic carbocycles. The summed E-state index contributed by atoms with van der Waals surface area (Å²) in [6.07, 6.45) is 7.33. The van der Waals surface area contributed by atoms with Crippen LogP contribution < -0.4 is 14.5 Å². The maximum Gasteiger partial charge on any atom is 0.319 e. The summed E-state index contributed by atoms with van der Waals surface area (Å²) >= 11 is 0. The third-order valence-corrected chi connectivity index (χ3v) is 9.87. The number of carbonyl (C=O) groups excluding carboxylic acids is 1. The lowest BCUT2D eigenvalue weighted by atomic mass is 9.95. The van der Waals surface area contributed by atoms with Gasteiger partial charge in [0.15, 0.2) is 11.6 Å². The molecule has 48 heavy (non-hydrogen) atoms. The molecule has 0 radical (unpaired) electrons. The Morgan fingerprint density at radius 2 is 2.02 bits per heavy atom. The molecule has 14 heteroatoms. The van der Waals surface area contributed by atoms with Crippen molar-refractivity contribution in [3.8, 4) is 24.4 Å². The fourth-order valence-corrected chi connectivity index (χ4v) is 7.64. The van der Waals surface area contributed by atoms with Crippen molar-refractivity contribution in [2.45, 2.75) is 49.7 Å². The Kier molecular flexibility index (Phi) is 8.09. The van der Waals surface area contributed by atoms with Crippen LogP contribution in [0.1, 0.15) is 24.0 Å². The molecule has 3 fully saturated rings. The molecular formula is C34H33F3N8O3. The van der Waals surface area contributed by atoms with Crippen molar-refractivity contribution in [3.05, 3.63) is 53.7 Å². The zero-order valence-electron chi connectivity index (χ0n) is 26.2. The number of hydrogen-bond acceptors (Lipinski definition) is 10. The first-order valence-corrected chi connectivity index (χ1v) is 15.8. The van der Waals surface area contributed by atoms with Gasteiger partial charge in [0.05, 0.1) is 53.4 Å². The molecule has 2 bridgehead atoms. The smallest absolute Gasteiger partial charge is 0.319 e. The highest BCUT2D eigenvalue weighted by molar-refractivity contribution is 5.93. The molecule has 0 spiro atoms. The van der Waals surface area contributed by atoms with Gasteiger partial charge in [0.1, 0.15) is 29.9 Å². The largest absolute Gasteiger partial charge is 0.462 e. The van der Waals surface area contributed by atoms with Crippen molar-refractivity contribution in [1.82, 2.24) is 24.8 Å². The van der Waals surface area contributed by atoms with Gasteiger partial charge in [0.25, 0.3) is 0 Å². The number of nitriles is 1. The Bertz CT molecular complexity index is 1900. The molecule has 1 N–H and O–H groups in total. The van der Waals surface area contributed by atoms with Gasteiger partial charge in [-0.25, -0.2) is 18.2 Å². The van der Waals surface area contributed by atoms with Crippen molar-refractivity contribution in [3.63, 3.8) is 0 Å². The highest BCUT2D eigenvalue weighted by atomic mass is 19.1. The zero-order chi connectivity index (χ0) is 33.9. The number of anilines is 3. The lowest BCUT2D eigenvalue weighted by molar-refractivity contribution is -0.129. The molecule has 3 aromatic rings. The van der Waals surface area contributed by atoms with Gasteiger partial charge in [-0.15, -0.1) is 6.42 Å². The zero-order valence-corrected chi connectivity index (χ0v) is 26.2. The molecule has 0 saturated carbocycles. The van der Waals surface area contributed by atoms with Crippen LogP contribution >= 0.6 is 0 Å². The van der Waals surface area contributed by atoms with E-state index in [9.17, 15) is 23.9 Å². The summed E-state index contributed by atoms with van der Waals surface area (Å²) in [6.45, 7) is 4.37. The molecule has 248 valence electrons. The number of aliphatic hydroxyl groups excluding tert-OH is 1. The Morgan fingerprint density at radius 3 is 2.73 bits per heavy atom. The van der Waals surface area contributed by atoms with Crippen LogP contribution in [0.25, 0.3) is 10.9 Å². The highest BCUT2D eigenvalue weighted by Crippen LogP contribution is 2.42. The number of benzene rings is 1. The van der Waals surface area contributed by atoms with Crippen molar-refractivity contribution >= 4 is 34.1 Å². The summed E-state index contributed by atoms with van der Waals surface area (Å²) in [4.78, 5) is 33.1. The second-order valence-corrected chi connectivity index (χ2v) is 12.8. The summed E-state index contributed by atoms with van der Waals surface area (Å²) in [7, 11) is 1.79. The number of hydrogen-bond donors (Lipinski definition) is 1. The van der Waals surface area contributed by atoms with Crippen molar-refractivity contribution in [2.24, 2.45) is 5.92 Å². The topological polar surface area (TPSA) is 122 Å². The number of piperazine rings is 1. The molecule has 3 saturated heterocycles. The minimum Gasteiger partial charge on any atom is -0.462 e. The number of halogens is 3. The number of β-amino-alcohol motifs (C(OH)–C–C–N with tert-alkyl or cyclic N) is 1. The van der Waals surface area contributed by atoms with Crippen LogP contribution in [0.5, 0.6) is 6.01 Å². The van der Waals surface area contributed by atoms with Crippen molar-refractivity contribution in [1.29, 1.82) is 5.26 Å². The third kappa shape index (κ3) is 5.25. The van der Waals surface area contributed by atoms with Crippen LogP contribution in [0, 0.1) is 41.2 Å². The molecule has 4 aliphatic heterocycles. The second kappa shape index (κ2) is 12.3. The number of rotatable bonds is 6. The van der Waals surface area contributed by atoms with Crippen LogP contribution in [0.15, 0.2) is 31.0 Å². The monoisotopic (exact) mass is 658 g/mol. The van der Waals surface area contributed by atoms with Crippen molar-refractivity contribution in [2.75, 3.05) is 49.6 Å². The molecule has 1 amide bonds. The quantitative estimate of drug-likeness (QED) is 0.313. The van der Waals surface area contributed by atoms with E-state index in [1.807, 2.05) is 9.80 Å². The first-order chi connectivity index (χ1) is 23.1.